The molecule has 0 aliphatic rings. The van der Waals surface area contributed by atoms with Gasteiger partial charge >= 0.3 is 0 Å². The molecular weight excluding hydrogens is 176 g/mol. The zero-order valence-electron chi connectivity index (χ0n) is 7.66. The lowest BCUT2D eigenvalue weighted by Gasteiger charge is -2.02. The molecule has 0 N–H and O–H groups in total. The molecule has 1 aromatic carbocycles. The fraction of sp³-hybridized carbons (Fsp3) is 0.167. The van der Waals surface area contributed by atoms with Crippen LogP contribution in [0.3, 0.4) is 0 Å². The number of thiophene rings is 1. The first-order valence-electron chi connectivity index (χ1n) is 4.42. The van der Waals surface area contributed by atoms with Crippen LogP contribution in [0.4, 0.5) is 0 Å². The fourth-order valence-corrected chi connectivity index (χ4v) is 2.09. The highest BCUT2D eigenvalue weighted by atomic mass is 32.1. The predicted octanol–water partition coefficient (Wildman–Crippen LogP) is 3.65. The van der Waals surface area contributed by atoms with E-state index >= 15 is 0 Å². The van der Waals surface area contributed by atoms with Gasteiger partial charge in [0.2, 0.25) is 0 Å². The molecule has 0 fully saturated rings. The lowest BCUT2D eigenvalue weighted by Crippen LogP contribution is -1.88. The molecule has 0 amide bonds. The summed E-state index contributed by atoms with van der Waals surface area (Å²) in [6.07, 6.45) is 1.07. The van der Waals surface area contributed by atoms with Gasteiger partial charge in [-0.3, -0.25) is 0 Å². The van der Waals surface area contributed by atoms with Crippen molar-refractivity contribution in [2.75, 3.05) is 0 Å². The molecule has 66 valence electrons. The highest BCUT2D eigenvalue weighted by Crippen LogP contribution is 2.15. The van der Waals surface area contributed by atoms with Crippen LogP contribution in [0.1, 0.15) is 16.7 Å². The number of aryl methyl sites for hydroxylation is 1. The molecule has 13 heavy (non-hydrogen) atoms. The van der Waals surface area contributed by atoms with Gasteiger partial charge in [-0.1, -0.05) is 24.3 Å². The standard InChI is InChI=1S/C12H12S/c1-10-4-2-3-5-12(10)8-11-6-7-13-9-11/h2-7,9H,8H2,1H3. The molecule has 0 aliphatic carbocycles. The normalized spacial score (nSPS) is 10.2. The Morgan fingerprint density at radius 1 is 1.15 bits per heavy atom. The SMILES string of the molecule is Cc1ccccc1Cc1ccsc1. The van der Waals surface area contributed by atoms with E-state index in [1.807, 2.05) is 0 Å². The summed E-state index contributed by atoms with van der Waals surface area (Å²) in [5, 5.41) is 4.35. The molecule has 1 heterocycles. The first-order chi connectivity index (χ1) is 6.36. The van der Waals surface area contributed by atoms with Crippen molar-refractivity contribution in [3.8, 4) is 0 Å². The topological polar surface area (TPSA) is 0 Å². The van der Waals surface area contributed by atoms with Crippen LogP contribution in [0.25, 0.3) is 0 Å². The quantitative estimate of drug-likeness (QED) is 0.675. The van der Waals surface area contributed by atoms with Crippen LogP contribution >= 0.6 is 11.3 Å². The predicted molar refractivity (Wildman–Crippen MR) is 58.3 cm³/mol. The van der Waals surface area contributed by atoms with E-state index in [9.17, 15) is 0 Å². The van der Waals surface area contributed by atoms with Crippen LogP contribution in [0.15, 0.2) is 41.1 Å². The highest BCUT2D eigenvalue weighted by molar-refractivity contribution is 7.07. The summed E-state index contributed by atoms with van der Waals surface area (Å²) in [4.78, 5) is 0. The minimum atomic E-state index is 1.07. The average Bonchev–Trinajstić information content (AvgIpc) is 2.61. The smallest absolute Gasteiger partial charge is 0.00149 e. The van der Waals surface area contributed by atoms with E-state index in [4.69, 9.17) is 0 Å². The van der Waals surface area contributed by atoms with E-state index in [0.717, 1.165) is 6.42 Å². The Morgan fingerprint density at radius 2 is 2.00 bits per heavy atom. The molecule has 2 rings (SSSR count). The summed E-state index contributed by atoms with van der Waals surface area (Å²) in [5.74, 6) is 0. The number of hydrogen-bond acceptors (Lipinski definition) is 1. The van der Waals surface area contributed by atoms with Gasteiger partial charge in [-0.05, 0) is 46.9 Å². The Kier molecular flexibility index (Phi) is 2.46. The first kappa shape index (κ1) is 8.52. The van der Waals surface area contributed by atoms with Crippen LogP contribution in [0.5, 0.6) is 0 Å². The molecule has 2 aromatic rings. The first-order valence-corrected chi connectivity index (χ1v) is 5.36. The van der Waals surface area contributed by atoms with Gasteiger partial charge in [-0.15, -0.1) is 0 Å². The molecule has 0 nitrogen and oxygen atoms in total. The van der Waals surface area contributed by atoms with Gasteiger partial charge in [-0.25, -0.2) is 0 Å². The van der Waals surface area contributed by atoms with E-state index < -0.39 is 0 Å². The largest absolute Gasteiger partial charge is 0.152 e. The Morgan fingerprint density at radius 3 is 2.69 bits per heavy atom. The Hall–Kier alpha value is -1.08. The van der Waals surface area contributed by atoms with Crippen LogP contribution in [0.2, 0.25) is 0 Å². The second kappa shape index (κ2) is 3.75. The third kappa shape index (κ3) is 1.99. The molecule has 0 atom stereocenters. The molecule has 0 aliphatic heterocycles. The lowest BCUT2D eigenvalue weighted by atomic mass is 10.0. The van der Waals surface area contributed by atoms with Crippen molar-refractivity contribution in [2.45, 2.75) is 13.3 Å². The molecule has 0 saturated heterocycles. The van der Waals surface area contributed by atoms with Crippen molar-refractivity contribution in [1.82, 2.24) is 0 Å². The van der Waals surface area contributed by atoms with Gasteiger partial charge in [0.1, 0.15) is 0 Å². The van der Waals surface area contributed by atoms with Crippen molar-refractivity contribution in [3.63, 3.8) is 0 Å². The molecule has 0 bridgehead atoms. The van der Waals surface area contributed by atoms with Crippen LogP contribution < -0.4 is 0 Å². The van der Waals surface area contributed by atoms with Gasteiger partial charge < -0.3 is 0 Å². The van der Waals surface area contributed by atoms with Crippen molar-refractivity contribution in [2.24, 2.45) is 0 Å². The van der Waals surface area contributed by atoms with Crippen molar-refractivity contribution in [3.05, 3.63) is 57.8 Å². The second-order valence-electron chi connectivity index (χ2n) is 3.23. The molecule has 0 unspecified atom stereocenters. The van der Waals surface area contributed by atoms with Gasteiger partial charge in [0, 0.05) is 0 Å². The highest BCUT2D eigenvalue weighted by Gasteiger charge is 1.98. The second-order valence-corrected chi connectivity index (χ2v) is 4.01. The summed E-state index contributed by atoms with van der Waals surface area (Å²) >= 11 is 1.76. The average molecular weight is 188 g/mol. The Labute approximate surface area is 82.9 Å². The summed E-state index contributed by atoms with van der Waals surface area (Å²) in [7, 11) is 0. The number of hydrogen-bond donors (Lipinski definition) is 0. The van der Waals surface area contributed by atoms with E-state index in [0.29, 0.717) is 0 Å². The van der Waals surface area contributed by atoms with Crippen molar-refractivity contribution >= 4 is 11.3 Å². The van der Waals surface area contributed by atoms with E-state index in [-0.39, 0.29) is 0 Å². The Balaban J connectivity index is 2.24. The molecule has 1 aromatic heterocycles. The lowest BCUT2D eigenvalue weighted by molar-refractivity contribution is 1.17. The third-order valence-corrected chi connectivity index (χ3v) is 2.97. The minimum absolute atomic E-state index is 1.07. The third-order valence-electron chi connectivity index (χ3n) is 2.24. The summed E-state index contributed by atoms with van der Waals surface area (Å²) in [6.45, 7) is 2.17. The van der Waals surface area contributed by atoms with Gasteiger partial charge in [0.05, 0.1) is 0 Å². The molecule has 0 saturated carbocycles. The van der Waals surface area contributed by atoms with Crippen molar-refractivity contribution < 1.29 is 0 Å². The fourth-order valence-electron chi connectivity index (χ4n) is 1.42. The minimum Gasteiger partial charge on any atom is -0.152 e. The van der Waals surface area contributed by atoms with Gasteiger partial charge in [-0.2, -0.15) is 11.3 Å². The zero-order valence-corrected chi connectivity index (χ0v) is 8.47. The maximum Gasteiger partial charge on any atom is -0.00149 e. The van der Waals surface area contributed by atoms with Crippen LogP contribution in [0, 0.1) is 6.92 Å². The van der Waals surface area contributed by atoms with Gasteiger partial charge in [0.25, 0.3) is 0 Å². The van der Waals surface area contributed by atoms with Crippen molar-refractivity contribution in [1.29, 1.82) is 0 Å². The van der Waals surface area contributed by atoms with E-state index in [2.05, 4.69) is 48.0 Å². The summed E-state index contributed by atoms with van der Waals surface area (Å²) < 4.78 is 0. The monoisotopic (exact) mass is 188 g/mol. The molecule has 0 spiro atoms. The summed E-state index contributed by atoms with van der Waals surface area (Å²) in [6, 6.07) is 10.8. The summed E-state index contributed by atoms with van der Waals surface area (Å²) in [5.41, 5.74) is 4.23. The van der Waals surface area contributed by atoms with Crippen LogP contribution in [-0.2, 0) is 6.42 Å². The number of benzene rings is 1. The Bertz CT molecular complexity index is 374. The molecular formula is C12H12S. The van der Waals surface area contributed by atoms with E-state index in [1.165, 1.54) is 16.7 Å². The van der Waals surface area contributed by atoms with Gasteiger partial charge in [0.15, 0.2) is 0 Å². The number of rotatable bonds is 2. The maximum absolute atomic E-state index is 2.21. The maximum atomic E-state index is 2.21. The molecule has 1 heteroatoms. The molecule has 0 radical (unpaired) electrons. The zero-order chi connectivity index (χ0) is 9.10. The van der Waals surface area contributed by atoms with Crippen LogP contribution in [-0.4, -0.2) is 0 Å². The van der Waals surface area contributed by atoms with E-state index in [1.54, 1.807) is 11.3 Å².